The van der Waals surface area contributed by atoms with Crippen LogP contribution in [0.2, 0.25) is 5.02 Å². The van der Waals surface area contributed by atoms with Gasteiger partial charge in [-0.15, -0.1) is 0 Å². The molecule has 0 atom stereocenters. The Morgan fingerprint density at radius 1 is 1.23 bits per heavy atom. The van der Waals surface area contributed by atoms with E-state index in [0.29, 0.717) is 36.9 Å². The first-order chi connectivity index (χ1) is 12.5. The molecule has 1 aromatic carbocycles. The first kappa shape index (κ1) is 17.9. The number of anilines is 2. The Bertz CT molecular complexity index is 837. The lowest BCUT2D eigenvalue weighted by molar-refractivity contribution is -0.384. The fourth-order valence-corrected chi connectivity index (χ4v) is 3.23. The molecule has 0 radical (unpaired) electrons. The van der Waals surface area contributed by atoms with Gasteiger partial charge in [0.25, 0.3) is 11.6 Å². The number of hydrogen-bond acceptors (Lipinski definition) is 6. The molecule has 1 aromatic heterocycles. The minimum absolute atomic E-state index is 0.0737. The van der Waals surface area contributed by atoms with Crippen LogP contribution in [-0.2, 0) is 0 Å². The molecule has 1 aliphatic heterocycles. The average molecular weight is 376 g/mol. The summed E-state index contributed by atoms with van der Waals surface area (Å²) >= 11 is 6.19. The Kier molecular flexibility index (Phi) is 5.22. The van der Waals surface area contributed by atoms with E-state index >= 15 is 0 Å². The van der Waals surface area contributed by atoms with E-state index in [4.69, 9.17) is 11.6 Å². The molecule has 0 saturated carbocycles. The molecule has 0 spiro atoms. The largest absolute Gasteiger partial charge is 0.362 e. The van der Waals surface area contributed by atoms with Gasteiger partial charge in [0, 0.05) is 51.1 Å². The number of nitro benzene ring substituents is 1. The number of halogens is 1. The lowest BCUT2D eigenvalue weighted by atomic mass is 10.1. The molecule has 2 aromatic rings. The molecule has 0 unspecified atom stereocenters. The Morgan fingerprint density at radius 2 is 1.92 bits per heavy atom. The van der Waals surface area contributed by atoms with Crippen LogP contribution in [-0.4, -0.2) is 49.0 Å². The van der Waals surface area contributed by atoms with E-state index in [1.54, 1.807) is 30.5 Å². The Labute approximate surface area is 155 Å². The smallest absolute Gasteiger partial charge is 0.293 e. The van der Waals surface area contributed by atoms with Crippen LogP contribution in [0.25, 0.3) is 0 Å². The fraction of sp³-hybridized carbons (Fsp3) is 0.294. The molecule has 8 nitrogen and oxygen atoms in total. The SMILES string of the molecule is CNC(=O)c1ccc(N2CCN(c3ncccc3Cl)CC2)c([N+](=O)[O-])c1. The number of nitrogens with zero attached hydrogens (tertiary/aromatic N) is 4. The van der Waals surface area contributed by atoms with Gasteiger partial charge in [-0.1, -0.05) is 11.6 Å². The van der Waals surface area contributed by atoms with Gasteiger partial charge < -0.3 is 15.1 Å². The van der Waals surface area contributed by atoms with Gasteiger partial charge >= 0.3 is 0 Å². The zero-order chi connectivity index (χ0) is 18.7. The van der Waals surface area contributed by atoms with E-state index < -0.39 is 4.92 Å². The second-order valence-electron chi connectivity index (χ2n) is 5.82. The van der Waals surface area contributed by atoms with Gasteiger partial charge in [-0.3, -0.25) is 14.9 Å². The number of carbonyl (C=O) groups is 1. The van der Waals surface area contributed by atoms with E-state index in [9.17, 15) is 14.9 Å². The quantitative estimate of drug-likeness (QED) is 0.651. The Hall–Kier alpha value is -2.87. The first-order valence-electron chi connectivity index (χ1n) is 8.12. The van der Waals surface area contributed by atoms with Crippen molar-refractivity contribution < 1.29 is 9.72 Å². The normalized spacial score (nSPS) is 14.2. The maximum Gasteiger partial charge on any atom is 0.293 e. The van der Waals surface area contributed by atoms with Gasteiger partial charge in [-0.25, -0.2) is 4.98 Å². The molecule has 0 aliphatic carbocycles. The van der Waals surface area contributed by atoms with Gasteiger partial charge in [0.2, 0.25) is 0 Å². The van der Waals surface area contributed by atoms with Crippen molar-refractivity contribution in [1.29, 1.82) is 0 Å². The second kappa shape index (κ2) is 7.57. The highest BCUT2D eigenvalue weighted by atomic mass is 35.5. The highest BCUT2D eigenvalue weighted by molar-refractivity contribution is 6.32. The summed E-state index contributed by atoms with van der Waals surface area (Å²) in [6.07, 6.45) is 1.69. The van der Waals surface area contributed by atoms with E-state index in [2.05, 4.69) is 15.2 Å². The summed E-state index contributed by atoms with van der Waals surface area (Å²) in [6, 6.07) is 8.11. The molecular weight excluding hydrogens is 358 g/mol. The molecule has 0 bridgehead atoms. The number of piperazine rings is 1. The molecule has 1 aliphatic rings. The maximum atomic E-state index is 11.7. The van der Waals surface area contributed by atoms with Crippen molar-refractivity contribution in [2.75, 3.05) is 43.0 Å². The molecule has 26 heavy (non-hydrogen) atoms. The first-order valence-corrected chi connectivity index (χ1v) is 8.50. The van der Waals surface area contributed by atoms with E-state index in [-0.39, 0.29) is 17.2 Å². The maximum absolute atomic E-state index is 11.7. The molecule has 1 amide bonds. The van der Waals surface area contributed by atoms with Crippen LogP contribution >= 0.6 is 11.6 Å². The minimum atomic E-state index is -0.455. The number of nitrogens with one attached hydrogen (secondary N) is 1. The van der Waals surface area contributed by atoms with Crippen LogP contribution in [0.4, 0.5) is 17.2 Å². The average Bonchev–Trinajstić information content (AvgIpc) is 2.67. The predicted molar refractivity (Wildman–Crippen MR) is 100 cm³/mol. The Morgan fingerprint density at radius 3 is 2.54 bits per heavy atom. The summed E-state index contributed by atoms with van der Waals surface area (Å²) in [4.78, 5) is 31.1. The monoisotopic (exact) mass is 375 g/mol. The summed E-state index contributed by atoms with van der Waals surface area (Å²) in [5, 5.41) is 14.5. The summed E-state index contributed by atoms with van der Waals surface area (Å²) in [5.74, 6) is 0.368. The van der Waals surface area contributed by atoms with Crippen LogP contribution in [0.3, 0.4) is 0 Å². The number of amides is 1. The standard InChI is InChI=1S/C17H18ClN5O3/c1-19-17(24)12-4-5-14(15(11-12)23(25)26)21-7-9-22(10-8-21)16-13(18)3-2-6-20-16/h2-6,11H,7-10H2,1H3,(H,19,24). The molecule has 136 valence electrons. The summed E-state index contributed by atoms with van der Waals surface area (Å²) in [5.41, 5.74) is 0.701. The van der Waals surface area contributed by atoms with Gasteiger partial charge in [0.05, 0.1) is 9.95 Å². The number of aromatic nitrogens is 1. The zero-order valence-corrected chi connectivity index (χ0v) is 14.9. The number of nitro groups is 1. The van der Waals surface area contributed by atoms with Gasteiger partial charge in [-0.2, -0.15) is 0 Å². The molecule has 2 heterocycles. The van der Waals surface area contributed by atoms with E-state index in [0.717, 1.165) is 5.82 Å². The van der Waals surface area contributed by atoms with Crippen molar-refractivity contribution in [3.05, 3.63) is 57.2 Å². The molecule has 9 heteroatoms. The van der Waals surface area contributed by atoms with Crippen molar-refractivity contribution >= 4 is 34.7 Å². The van der Waals surface area contributed by atoms with Crippen molar-refractivity contribution in [3.8, 4) is 0 Å². The fourth-order valence-electron chi connectivity index (χ4n) is 2.99. The molecular formula is C17H18ClN5O3. The third kappa shape index (κ3) is 3.55. The van der Waals surface area contributed by atoms with Crippen LogP contribution in [0, 0.1) is 10.1 Å². The van der Waals surface area contributed by atoms with Crippen LogP contribution in [0.15, 0.2) is 36.5 Å². The highest BCUT2D eigenvalue weighted by Crippen LogP contribution is 2.31. The third-order valence-electron chi connectivity index (χ3n) is 4.32. The van der Waals surface area contributed by atoms with Crippen molar-refractivity contribution in [2.45, 2.75) is 0 Å². The van der Waals surface area contributed by atoms with Crippen LogP contribution in [0.5, 0.6) is 0 Å². The lowest BCUT2D eigenvalue weighted by Crippen LogP contribution is -2.47. The molecule has 1 fully saturated rings. The highest BCUT2D eigenvalue weighted by Gasteiger charge is 2.26. The summed E-state index contributed by atoms with van der Waals surface area (Å²) in [6.45, 7) is 2.47. The lowest BCUT2D eigenvalue weighted by Gasteiger charge is -2.36. The number of hydrogen-bond donors (Lipinski definition) is 1. The molecule has 3 rings (SSSR count). The minimum Gasteiger partial charge on any atom is -0.362 e. The van der Waals surface area contributed by atoms with E-state index in [1.807, 2.05) is 4.90 Å². The van der Waals surface area contributed by atoms with Crippen LogP contribution in [0.1, 0.15) is 10.4 Å². The van der Waals surface area contributed by atoms with Crippen LogP contribution < -0.4 is 15.1 Å². The molecule has 1 saturated heterocycles. The van der Waals surface area contributed by atoms with E-state index in [1.165, 1.54) is 13.1 Å². The zero-order valence-electron chi connectivity index (χ0n) is 14.2. The van der Waals surface area contributed by atoms with Crippen molar-refractivity contribution in [1.82, 2.24) is 10.3 Å². The van der Waals surface area contributed by atoms with Crippen molar-refractivity contribution in [3.63, 3.8) is 0 Å². The Balaban J connectivity index is 1.80. The summed E-state index contributed by atoms with van der Waals surface area (Å²) in [7, 11) is 1.49. The number of carbonyl (C=O) groups excluding carboxylic acids is 1. The topological polar surface area (TPSA) is 91.6 Å². The number of pyridine rings is 1. The van der Waals surface area contributed by atoms with Crippen molar-refractivity contribution in [2.24, 2.45) is 0 Å². The van der Waals surface area contributed by atoms with Gasteiger partial charge in [0.15, 0.2) is 0 Å². The second-order valence-corrected chi connectivity index (χ2v) is 6.23. The van der Waals surface area contributed by atoms with Gasteiger partial charge in [0.1, 0.15) is 11.5 Å². The summed E-state index contributed by atoms with van der Waals surface area (Å²) < 4.78 is 0. The number of benzene rings is 1. The number of rotatable bonds is 4. The molecule has 1 N–H and O–H groups in total. The third-order valence-corrected chi connectivity index (χ3v) is 4.62. The predicted octanol–water partition coefficient (Wildman–Crippen LogP) is 2.33. The van der Waals surface area contributed by atoms with Gasteiger partial charge in [-0.05, 0) is 24.3 Å².